The van der Waals surface area contributed by atoms with Crippen molar-refractivity contribution in [2.24, 2.45) is 0 Å². The van der Waals surface area contributed by atoms with Crippen LogP contribution in [0, 0.1) is 6.92 Å². The SMILES string of the molecule is Cc1cc(N2CCN(CCC(F)=C(F)F)CC2)cc2[nH]c(-c3c(NC[C@@H](O)c4cccc(Cl)c4)cc[nH]c3=O)nc12. The summed E-state index contributed by atoms with van der Waals surface area (Å²) in [7, 11) is 0. The second-order valence-corrected chi connectivity index (χ2v) is 10.5. The molecule has 8 nitrogen and oxygen atoms in total. The summed E-state index contributed by atoms with van der Waals surface area (Å²) in [5.41, 5.74) is 4.54. The van der Waals surface area contributed by atoms with Crippen LogP contribution in [0.5, 0.6) is 0 Å². The second kappa shape index (κ2) is 12.4. The highest BCUT2D eigenvalue weighted by molar-refractivity contribution is 6.30. The van der Waals surface area contributed by atoms with Gasteiger partial charge in [0, 0.05) is 62.6 Å². The molecule has 2 aromatic heterocycles. The summed E-state index contributed by atoms with van der Waals surface area (Å²) >= 11 is 6.05. The largest absolute Gasteiger partial charge is 0.387 e. The van der Waals surface area contributed by atoms with E-state index in [1.165, 1.54) is 6.20 Å². The van der Waals surface area contributed by atoms with Crippen molar-refractivity contribution >= 4 is 34.0 Å². The van der Waals surface area contributed by atoms with E-state index in [-0.39, 0.29) is 25.1 Å². The van der Waals surface area contributed by atoms with Crippen molar-refractivity contribution in [3.8, 4) is 11.4 Å². The average molecular weight is 587 g/mol. The summed E-state index contributed by atoms with van der Waals surface area (Å²) in [4.78, 5) is 27.8. The van der Waals surface area contributed by atoms with Crippen molar-refractivity contribution < 1.29 is 18.3 Å². The van der Waals surface area contributed by atoms with E-state index >= 15 is 0 Å². The summed E-state index contributed by atoms with van der Waals surface area (Å²) in [6.07, 6.45) is -1.85. The molecule has 0 spiro atoms. The summed E-state index contributed by atoms with van der Waals surface area (Å²) < 4.78 is 37.9. The highest BCUT2D eigenvalue weighted by atomic mass is 35.5. The quantitative estimate of drug-likeness (QED) is 0.203. The van der Waals surface area contributed by atoms with Gasteiger partial charge < -0.3 is 25.3 Å². The van der Waals surface area contributed by atoms with Gasteiger partial charge >= 0.3 is 6.08 Å². The topological polar surface area (TPSA) is 100 Å². The van der Waals surface area contributed by atoms with Crippen LogP contribution in [0.15, 0.2) is 65.4 Å². The molecule has 5 rings (SSSR count). The predicted molar refractivity (Wildman–Crippen MR) is 155 cm³/mol. The Morgan fingerprint density at radius 3 is 2.66 bits per heavy atom. The van der Waals surface area contributed by atoms with Gasteiger partial charge in [0.1, 0.15) is 11.4 Å². The number of pyridine rings is 1. The van der Waals surface area contributed by atoms with Crippen LogP contribution < -0.4 is 15.8 Å². The monoisotopic (exact) mass is 586 g/mol. The van der Waals surface area contributed by atoms with Gasteiger partial charge in [-0.05, 0) is 48.4 Å². The highest BCUT2D eigenvalue weighted by Gasteiger charge is 2.21. The lowest BCUT2D eigenvalue weighted by molar-refractivity contribution is 0.191. The molecule has 0 bridgehead atoms. The van der Waals surface area contributed by atoms with Gasteiger partial charge in [-0.1, -0.05) is 23.7 Å². The lowest BCUT2D eigenvalue weighted by atomic mass is 10.1. The van der Waals surface area contributed by atoms with Crippen molar-refractivity contribution in [1.29, 1.82) is 0 Å². The number of imidazole rings is 1. The van der Waals surface area contributed by atoms with Crippen LogP contribution in [0.4, 0.5) is 24.5 Å². The Morgan fingerprint density at radius 2 is 1.93 bits per heavy atom. The molecule has 2 aromatic carbocycles. The summed E-state index contributed by atoms with van der Waals surface area (Å²) in [5, 5.41) is 14.3. The maximum atomic E-state index is 13.2. The number of H-pyrrole nitrogens is 2. The molecular formula is C29H30ClF3N6O2. The first-order chi connectivity index (χ1) is 19.7. The first-order valence-corrected chi connectivity index (χ1v) is 13.6. The number of aromatic amines is 2. The van der Waals surface area contributed by atoms with Crippen LogP contribution in [0.25, 0.3) is 22.4 Å². The Labute approximate surface area is 239 Å². The summed E-state index contributed by atoms with van der Waals surface area (Å²) in [6.45, 7) is 4.93. The first kappa shape index (κ1) is 28.7. The smallest absolute Gasteiger partial charge is 0.301 e. The van der Waals surface area contributed by atoms with Gasteiger partial charge in [0.15, 0.2) is 5.83 Å². The number of anilines is 2. The van der Waals surface area contributed by atoms with E-state index in [0.717, 1.165) is 22.3 Å². The molecule has 0 radical (unpaired) electrons. The normalized spacial score (nSPS) is 14.8. The fourth-order valence-electron chi connectivity index (χ4n) is 5.05. The van der Waals surface area contributed by atoms with Gasteiger partial charge in [-0.25, -0.2) is 9.37 Å². The maximum Gasteiger partial charge on any atom is 0.301 e. The summed E-state index contributed by atoms with van der Waals surface area (Å²) in [6, 6.07) is 12.7. The molecule has 4 N–H and O–H groups in total. The molecule has 1 atom stereocenters. The zero-order valence-corrected chi connectivity index (χ0v) is 23.1. The third-order valence-electron chi connectivity index (χ3n) is 7.27. The van der Waals surface area contributed by atoms with E-state index in [9.17, 15) is 23.1 Å². The number of aromatic nitrogens is 3. The Hall–Kier alpha value is -3.80. The van der Waals surface area contributed by atoms with Crippen LogP contribution in [-0.4, -0.2) is 64.2 Å². The molecule has 1 aliphatic rings. The van der Waals surface area contributed by atoms with Crippen molar-refractivity contribution in [2.75, 3.05) is 49.5 Å². The Balaban J connectivity index is 1.33. The zero-order valence-electron chi connectivity index (χ0n) is 22.4. The number of aliphatic hydroxyl groups is 1. The van der Waals surface area contributed by atoms with Crippen LogP contribution >= 0.6 is 11.6 Å². The minimum Gasteiger partial charge on any atom is -0.387 e. The molecule has 1 saturated heterocycles. The number of aliphatic hydroxyl groups excluding tert-OH is 1. The number of benzene rings is 2. The fourth-order valence-corrected chi connectivity index (χ4v) is 5.25. The number of halogens is 4. The van der Waals surface area contributed by atoms with E-state index in [4.69, 9.17) is 16.6 Å². The van der Waals surface area contributed by atoms with Crippen LogP contribution in [0.3, 0.4) is 0 Å². The lowest BCUT2D eigenvalue weighted by Gasteiger charge is -2.36. The number of nitrogens with one attached hydrogen (secondary N) is 3. The molecular weight excluding hydrogens is 557 g/mol. The van der Waals surface area contributed by atoms with E-state index < -0.39 is 18.0 Å². The molecule has 216 valence electrons. The first-order valence-electron chi connectivity index (χ1n) is 13.3. The fraction of sp³-hybridized carbons (Fsp3) is 0.310. The van der Waals surface area contributed by atoms with Crippen LogP contribution in [0.2, 0.25) is 5.02 Å². The number of nitrogens with zero attached hydrogens (tertiary/aromatic N) is 3. The minimum absolute atomic E-state index is 0.151. The van der Waals surface area contributed by atoms with Crippen molar-refractivity contribution in [3.05, 3.63) is 87.1 Å². The van der Waals surface area contributed by atoms with Gasteiger partial charge in [-0.3, -0.25) is 9.69 Å². The minimum atomic E-state index is -2.25. The molecule has 0 saturated carbocycles. The predicted octanol–water partition coefficient (Wildman–Crippen LogP) is 5.62. The Bertz CT molecular complexity index is 1630. The maximum absolute atomic E-state index is 13.2. The molecule has 0 aliphatic carbocycles. The summed E-state index contributed by atoms with van der Waals surface area (Å²) in [5.74, 6) is -0.960. The molecule has 0 unspecified atom stereocenters. The van der Waals surface area contributed by atoms with Gasteiger partial charge in [0.2, 0.25) is 0 Å². The molecule has 1 aliphatic heterocycles. The lowest BCUT2D eigenvalue weighted by Crippen LogP contribution is -2.46. The molecule has 3 heterocycles. The Kier molecular flexibility index (Phi) is 8.67. The molecule has 41 heavy (non-hydrogen) atoms. The molecule has 4 aromatic rings. The Morgan fingerprint density at radius 1 is 1.15 bits per heavy atom. The number of hydrogen-bond donors (Lipinski definition) is 4. The van der Waals surface area contributed by atoms with Gasteiger partial charge in [-0.2, -0.15) is 8.78 Å². The van der Waals surface area contributed by atoms with Gasteiger partial charge in [-0.15, -0.1) is 0 Å². The van der Waals surface area contributed by atoms with Crippen molar-refractivity contribution in [2.45, 2.75) is 19.4 Å². The van der Waals surface area contributed by atoms with Crippen LogP contribution in [0.1, 0.15) is 23.7 Å². The zero-order chi connectivity index (χ0) is 29.1. The van der Waals surface area contributed by atoms with E-state index in [2.05, 4.69) is 20.2 Å². The average Bonchev–Trinajstić information content (AvgIpc) is 3.39. The number of aryl methyl sites for hydroxylation is 1. The van der Waals surface area contributed by atoms with Gasteiger partial charge in [0.05, 0.1) is 22.8 Å². The van der Waals surface area contributed by atoms with Crippen LogP contribution in [-0.2, 0) is 0 Å². The molecule has 0 amide bonds. The van der Waals surface area contributed by atoms with E-state index in [0.29, 0.717) is 53.8 Å². The van der Waals surface area contributed by atoms with Crippen molar-refractivity contribution in [3.63, 3.8) is 0 Å². The number of hydrogen-bond acceptors (Lipinski definition) is 6. The molecule has 12 heteroatoms. The highest BCUT2D eigenvalue weighted by Crippen LogP contribution is 2.30. The third-order valence-corrected chi connectivity index (χ3v) is 7.50. The number of fused-ring (bicyclic) bond motifs is 1. The second-order valence-electron chi connectivity index (χ2n) is 10.0. The third kappa shape index (κ3) is 6.58. The van der Waals surface area contributed by atoms with Gasteiger partial charge in [0.25, 0.3) is 5.56 Å². The standard InChI is InChI=1S/C29H30ClF3N6O2/c1-17-13-20(39-11-9-38(10-12-39)8-6-21(31)27(32)33)15-23-26(17)37-28(36-23)25-22(5-7-34-29(25)41)35-16-24(40)18-3-2-4-19(30)14-18/h2-5,7,13-15,24,40H,6,8-12,16H2,1H3,(H,36,37)(H2,34,35,41)/t24-/m1/s1. The van der Waals surface area contributed by atoms with E-state index in [1.807, 2.05) is 24.0 Å². The van der Waals surface area contributed by atoms with E-state index in [1.54, 1.807) is 30.3 Å². The number of piperazine rings is 1. The number of rotatable bonds is 9. The molecule has 1 fully saturated rings. The van der Waals surface area contributed by atoms with Crippen molar-refractivity contribution in [1.82, 2.24) is 19.9 Å².